The molecule has 0 saturated heterocycles. The first-order valence-corrected chi connectivity index (χ1v) is 17.5. The van der Waals surface area contributed by atoms with E-state index in [0.717, 1.165) is 12.1 Å². The highest BCUT2D eigenvalue weighted by molar-refractivity contribution is 7.54. The normalized spacial score (nSPS) is 12.0. The third-order valence-electron chi connectivity index (χ3n) is 7.43. The van der Waals surface area contributed by atoms with E-state index in [4.69, 9.17) is 4.98 Å². The van der Waals surface area contributed by atoms with Crippen LogP contribution in [0, 0.1) is 5.41 Å². The number of fused-ring (bicyclic) bond motifs is 6. The van der Waals surface area contributed by atoms with Gasteiger partial charge in [0.05, 0.1) is 37.9 Å². The van der Waals surface area contributed by atoms with E-state index in [-0.39, 0.29) is 13.0 Å². The third kappa shape index (κ3) is 7.28. The van der Waals surface area contributed by atoms with Gasteiger partial charge in [0.2, 0.25) is 0 Å². The summed E-state index contributed by atoms with van der Waals surface area (Å²) in [5, 5.41) is 3.79. The number of hydrogen-bond donors (Lipinski definition) is 0. The summed E-state index contributed by atoms with van der Waals surface area (Å²) in [5.41, 5.74) is 9.21. The van der Waals surface area contributed by atoms with Gasteiger partial charge < -0.3 is 0 Å². The van der Waals surface area contributed by atoms with Crippen LogP contribution in [0.3, 0.4) is 0 Å². The van der Waals surface area contributed by atoms with E-state index in [2.05, 4.69) is 140 Å². The number of pyridine rings is 1. The Labute approximate surface area is 250 Å². The van der Waals surface area contributed by atoms with Crippen molar-refractivity contribution in [1.82, 2.24) is 9.38 Å². The minimum Gasteiger partial charge on any atom is -0.292 e. The van der Waals surface area contributed by atoms with E-state index >= 15 is 0 Å². The zero-order valence-electron chi connectivity index (χ0n) is 27.5. The lowest BCUT2D eigenvalue weighted by Crippen LogP contribution is -2.09. The molecule has 0 aliphatic carbocycles. The van der Waals surface area contributed by atoms with E-state index in [1.54, 1.807) is 0 Å². The van der Waals surface area contributed by atoms with Gasteiger partial charge in [-0.3, -0.25) is 4.40 Å². The maximum Gasteiger partial charge on any atom is 0.145 e. The molecule has 1 atom stereocenters. The molecule has 3 heteroatoms. The Kier molecular flexibility index (Phi) is 11.0. The second-order valence-electron chi connectivity index (χ2n) is 12.7. The highest BCUT2D eigenvalue weighted by Crippen LogP contribution is 2.40. The number of benzene rings is 3. The maximum absolute atomic E-state index is 5.02. The molecule has 2 nitrogen and oxygen atoms in total. The van der Waals surface area contributed by atoms with Gasteiger partial charge in [-0.05, 0) is 64.8 Å². The van der Waals surface area contributed by atoms with Crippen molar-refractivity contribution in [3.05, 3.63) is 83.6 Å². The van der Waals surface area contributed by atoms with Gasteiger partial charge in [0, 0.05) is 16.3 Å². The molecule has 5 aromatic rings. The topological polar surface area (TPSA) is 17.3 Å². The predicted molar refractivity (Wildman–Crippen MR) is 189 cm³/mol. The van der Waals surface area contributed by atoms with Crippen LogP contribution in [0.5, 0.6) is 0 Å². The Hall–Kier alpha value is -2.96. The molecule has 0 N–H and O–H groups in total. The quantitative estimate of drug-likeness (QED) is 0.152. The maximum atomic E-state index is 5.02. The summed E-state index contributed by atoms with van der Waals surface area (Å²) >= 11 is 0. The number of imidazole rings is 1. The van der Waals surface area contributed by atoms with Crippen molar-refractivity contribution in [2.75, 3.05) is 12.8 Å². The summed E-state index contributed by atoms with van der Waals surface area (Å²) in [7, 11) is 0.152. The van der Waals surface area contributed by atoms with Crippen LogP contribution in [-0.2, 0) is 6.42 Å². The Morgan fingerprint density at radius 3 is 1.90 bits per heavy atom. The van der Waals surface area contributed by atoms with Crippen molar-refractivity contribution in [2.45, 2.75) is 87.5 Å². The van der Waals surface area contributed by atoms with E-state index < -0.39 is 0 Å². The van der Waals surface area contributed by atoms with Gasteiger partial charge >= 0.3 is 0 Å². The van der Waals surface area contributed by atoms with Crippen LogP contribution in [0.2, 0.25) is 0 Å². The van der Waals surface area contributed by atoms with E-state index in [0.29, 0.717) is 11.8 Å². The Bertz CT molecular complexity index is 1600. The van der Waals surface area contributed by atoms with Crippen LogP contribution in [0.1, 0.15) is 97.8 Å². The number of hydrogen-bond acceptors (Lipinski definition) is 1. The molecule has 0 radical (unpaired) electrons. The van der Waals surface area contributed by atoms with Gasteiger partial charge in [0.25, 0.3) is 0 Å². The Morgan fingerprint density at radius 2 is 1.39 bits per heavy atom. The lowest BCUT2D eigenvalue weighted by molar-refractivity contribution is 0.411. The second-order valence-corrected chi connectivity index (χ2v) is 15.1. The lowest BCUT2D eigenvalue weighted by atomic mass is 9.87. The molecule has 218 valence electrons. The fourth-order valence-electron chi connectivity index (χ4n) is 5.44. The van der Waals surface area contributed by atoms with E-state index in [9.17, 15) is 0 Å². The molecule has 5 rings (SSSR count). The van der Waals surface area contributed by atoms with Gasteiger partial charge in [-0.25, -0.2) is 4.98 Å². The number of nitrogens with zero attached hydrogens (tertiary/aromatic N) is 2. The van der Waals surface area contributed by atoms with Crippen molar-refractivity contribution >= 4 is 41.2 Å². The first-order valence-electron chi connectivity index (χ1n) is 15.4. The Morgan fingerprint density at radius 1 is 0.829 bits per heavy atom. The van der Waals surface area contributed by atoms with E-state index in [1.807, 2.05) is 13.8 Å². The molecule has 41 heavy (non-hydrogen) atoms. The molecule has 0 spiro atoms. The zero-order valence-corrected chi connectivity index (χ0v) is 28.4. The van der Waals surface area contributed by atoms with E-state index in [1.165, 1.54) is 55.8 Å². The lowest BCUT2D eigenvalue weighted by Gasteiger charge is -2.21. The minimum atomic E-state index is 0.152. The number of aromatic nitrogens is 2. The molecule has 0 fully saturated rings. The van der Waals surface area contributed by atoms with Gasteiger partial charge in [-0.2, -0.15) is 0 Å². The van der Waals surface area contributed by atoms with Crippen LogP contribution in [0.15, 0.2) is 66.9 Å². The van der Waals surface area contributed by atoms with Crippen LogP contribution in [0.25, 0.3) is 38.6 Å². The number of rotatable bonds is 5. The molecule has 0 aliphatic rings. The van der Waals surface area contributed by atoms with Gasteiger partial charge in [0.15, 0.2) is 0 Å². The van der Waals surface area contributed by atoms with Gasteiger partial charge in [-0.15, -0.1) is 0 Å². The highest BCUT2D eigenvalue weighted by Gasteiger charge is 2.21. The molecular formula is C38H52N2P+. The smallest absolute Gasteiger partial charge is 0.145 e. The summed E-state index contributed by atoms with van der Waals surface area (Å²) < 4.78 is 2.41. The third-order valence-corrected chi connectivity index (χ3v) is 8.50. The van der Waals surface area contributed by atoms with Crippen LogP contribution in [0.4, 0.5) is 0 Å². The summed E-state index contributed by atoms with van der Waals surface area (Å²) in [6, 6.07) is 22.5. The van der Waals surface area contributed by atoms with Gasteiger partial charge in [0.1, 0.15) is 11.8 Å². The van der Waals surface area contributed by atoms with Crippen molar-refractivity contribution in [3.8, 4) is 11.3 Å². The average molecular weight is 568 g/mol. The van der Waals surface area contributed by atoms with Crippen LogP contribution >= 0.6 is 7.55 Å². The first kappa shape index (κ1) is 32.6. The average Bonchev–Trinajstić information content (AvgIpc) is 3.38. The molecular weight excluding hydrogens is 515 g/mol. The minimum absolute atomic E-state index is 0.152. The fourth-order valence-corrected chi connectivity index (χ4v) is 5.44. The first-order chi connectivity index (χ1) is 19.4. The summed E-state index contributed by atoms with van der Waals surface area (Å²) in [6.45, 7) is 24.4. The largest absolute Gasteiger partial charge is 0.292 e. The highest BCUT2D eigenvalue weighted by atomic mass is 31.1. The van der Waals surface area contributed by atoms with Crippen molar-refractivity contribution in [3.63, 3.8) is 0 Å². The van der Waals surface area contributed by atoms with Crippen LogP contribution in [-0.4, -0.2) is 28.5 Å². The Balaban J connectivity index is 0.000000598. The molecule has 0 aliphatic heterocycles. The summed E-state index contributed by atoms with van der Waals surface area (Å²) in [5.74, 6) is 0.869. The summed E-state index contributed by atoms with van der Waals surface area (Å²) in [6.07, 6.45) is 8.23. The molecule has 1 unspecified atom stereocenters. The van der Waals surface area contributed by atoms with Crippen molar-refractivity contribution in [2.24, 2.45) is 5.41 Å². The zero-order chi connectivity index (χ0) is 30.5. The SMILES string of the molecule is C=[P+](C)CC.CC.CC(C)c1cccc(C(C)C)c1-c1cnc2c3ccccc3c3cc(CC(C)(C)C)ccc3n12. The summed E-state index contributed by atoms with van der Waals surface area (Å²) in [4.78, 5) is 5.02. The predicted octanol–water partition coefficient (Wildman–Crippen LogP) is 11.7. The van der Waals surface area contributed by atoms with Crippen LogP contribution < -0.4 is 0 Å². The molecule has 0 amide bonds. The fraction of sp³-hybridized carbons (Fsp3) is 0.421. The molecule has 2 aromatic heterocycles. The molecule has 3 aromatic carbocycles. The van der Waals surface area contributed by atoms with Gasteiger partial charge in [-0.1, -0.05) is 111 Å². The van der Waals surface area contributed by atoms with Crippen molar-refractivity contribution in [1.29, 1.82) is 0 Å². The second kappa shape index (κ2) is 13.8. The molecule has 0 saturated carbocycles. The monoisotopic (exact) mass is 567 g/mol. The standard InChI is InChI=1S/C32H36N2.C4H10P.C2H6/c1-20(2)23-13-10-14-24(21(3)4)30(23)29-19-33-31-26-12-9-8-11-25(26)27-17-22(18-32(5,6)7)15-16-28(27)34(29)31;1-4-5(2)3;1-2/h8-17,19-21H,18H2,1-7H3;2,4H2,1,3H3;1-2H3/q;+1;. The molecule has 0 bridgehead atoms. The molecule has 2 heterocycles. The van der Waals surface area contributed by atoms with Crippen molar-refractivity contribution < 1.29 is 0 Å².